The predicted octanol–water partition coefficient (Wildman–Crippen LogP) is 3.12. The molecule has 0 bridgehead atoms. The van der Waals surface area contributed by atoms with Crippen molar-refractivity contribution in [3.8, 4) is 11.4 Å². The average molecular weight is 304 g/mol. The Bertz CT molecular complexity index is 743. The van der Waals surface area contributed by atoms with Gasteiger partial charge in [0.25, 0.3) is 0 Å². The number of H-pyrrole nitrogens is 1. The molecule has 0 aliphatic carbocycles. The maximum atomic E-state index is 6.32. The highest BCUT2D eigenvalue weighted by molar-refractivity contribution is 6.32. The van der Waals surface area contributed by atoms with Gasteiger partial charge in [-0.2, -0.15) is 5.10 Å². The van der Waals surface area contributed by atoms with E-state index >= 15 is 0 Å². The lowest BCUT2D eigenvalue weighted by Crippen LogP contribution is -2.19. The Morgan fingerprint density at radius 1 is 1.38 bits per heavy atom. The molecule has 3 aromatic heterocycles. The molecular formula is C15H18ClN5. The minimum absolute atomic E-state index is 0.482. The van der Waals surface area contributed by atoms with Gasteiger partial charge in [-0.25, -0.2) is 4.98 Å². The molecule has 3 aromatic rings. The molecular weight excluding hydrogens is 286 g/mol. The fourth-order valence-electron chi connectivity index (χ4n) is 2.34. The molecule has 0 saturated carbocycles. The van der Waals surface area contributed by atoms with Crippen molar-refractivity contribution < 1.29 is 0 Å². The monoisotopic (exact) mass is 303 g/mol. The highest BCUT2D eigenvalue weighted by atomic mass is 35.5. The smallest absolute Gasteiger partial charge is 0.157 e. The van der Waals surface area contributed by atoms with Gasteiger partial charge in [0.2, 0.25) is 0 Å². The lowest BCUT2D eigenvalue weighted by molar-refractivity contribution is 0.552. The first-order valence-electron chi connectivity index (χ1n) is 7.02. The molecule has 6 heteroatoms. The summed E-state index contributed by atoms with van der Waals surface area (Å²) in [6.07, 6.45) is 3.79. The van der Waals surface area contributed by atoms with Crippen molar-refractivity contribution in [2.75, 3.05) is 6.54 Å². The third kappa shape index (κ3) is 2.80. The molecule has 3 heterocycles. The predicted molar refractivity (Wildman–Crippen MR) is 84.3 cm³/mol. The zero-order valence-corrected chi connectivity index (χ0v) is 12.9. The van der Waals surface area contributed by atoms with Crippen LogP contribution in [0, 0.1) is 5.92 Å². The molecule has 21 heavy (non-hydrogen) atoms. The van der Waals surface area contributed by atoms with Crippen molar-refractivity contribution in [2.45, 2.75) is 20.4 Å². The van der Waals surface area contributed by atoms with Crippen molar-refractivity contribution in [3.63, 3.8) is 0 Å². The number of halogens is 1. The fourth-order valence-corrected chi connectivity index (χ4v) is 2.61. The zero-order chi connectivity index (χ0) is 14.8. The molecule has 0 aliphatic heterocycles. The second kappa shape index (κ2) is 5.87. The molecule has 0 aliphatic rings. The number of aromatic nitrogens is 4. The van der Waals surface area contributed by atoms with Crippen LogP contribution in [0.1, 0.15) is 19.4 Å². The van der Waals surface area contributed by atoms with E-state index in [4.69, 9.17) is 11.6 Å². The van der Waals surface area contributed by atoms with E-state index < -0.39 is 0 Å². The molecule has 0 spiro atoms. The Balaban J connectivity index is 1.96. The summed E-state index contributed by atoms with van der Waals surface area (Å²) in [5.41, 5.74) is 3.68. The number of aromatic amines is 1. The van der Waals surface area contributed by atoms with Gasteiger partial charge in [0.1, 0.15) is 11.3 Å². The minimum atomic E-state index is 0.482. The normalized spacial score (nSPS) is 11.6. The highest BCUT2D eigenvalue weighted by Gasteiger charge is 2.17. The zero-order valence-electron chi connectivity index (χ0n) is 12.1. The molecule has 0 radical (unpaired) electrons. The topological polar surface area (TPSA) is 58.0 Å². The number of nitrogens with zero attached hydrogens (tertiary/aromatic N) is 3. The fraction of sp³-hybridized carbons (Fsp3) is 0.333. The van der Waals surface area contributed by atoms with Gasteiger partial charge < -0.3 is 5.32 Å². The van der Waals surface area contributed by atoms with Gasteiger partial charge in [0.15, 0.2) is 5.15 Å². The lowest BCUT2D eigenvalue weighted by atomic mass is 10.2. The molecule has 2 N–H and O–H groups in total. The van der Waals surface area contributed by atoms with E-state index in [-0.39, 0.29) is 0 Å². The summed E-state index contributed by atoms with van der Waals surface area (Å²) in [7, 11) is 0. The van der Waals surface area contributed by atoms with E-state index in [1.54, 1.807) is 0 Å². The van der Waals surface area contributed by atoms with Gasteiger partial charge in [-0.3, -0.25) is 9.50 Å². The molecule has 110 valence electrons. The number of nitrogens with one attached hydrogen (secondary N) is 2. The maximum Gasteiger partial charge on any atom is 0.157 e. The first-order chi connectivity index (χ1) is 10.2. The standard InChI is InChI=1S/C15H18ClN5/c1-10(2)7-17-8-11-9-18-20-13(11)14-15(16)19-12-5-3-4-6-21(12)14/h3-6,9-10,17H,7-8H2,1-2H3,(H,18,20). The molecule has 0 atom stereocenters. The Morgan fingerprint density at radius 2 is 2.24 bits per heavy atom. The van der Waals surface area contributed by atoms with Crippen LogP contribution < -0.4 is 5.32 Å². The Kier molecular flexibility index (Phi) is 3.94. The second-order valence-corrected chi connectivity index (χ2v) is 5.83. The molecule has 0 unspecified atom stereocenters. The largest absolute Gasteiger partial charge is 0.312 e. The number of hydrogen-bond acceptors (Lipinski definition) is 3. The van der Waals surface area contributed by atoms with Crippen molar-refractivity contribution in [1.82, 2.24) is 24.9 Å². The summed E-state index contributed by atoms with van der Waals surface area (Å²) >= 11 is 6.32. The van der Waals surface area contributed by atoms with Crippen molar-refractivity contribution in [3.05, 3.63) is 41.3 Å². The van der Waals surface area contributed by atoms with Crippen LogP contribution >= 0.6 is 11.6 Å². The Labute approximate surface area is 128 Å². The number of imidazole rings is 1. The number of hydrogen-bond donors (Lipinski definition) is 2. The first-order valence-corrected chi connectivity index (χ1v) is 7.40. The van der Waals surface area contributed by atoms with E-state index in [1.165, 1.54) is 0 Å². The van der Waals surface area contributed by atoms with Crippen LogP contribution in [-0.4, -0.2) is 26.1 Å². The van der Waals surface area contributed by atoms with Crippen molar-refractivity contribution in [2.24, 2.45) is 5.92 Å². The van der Waals surface area contributed by atoms with Gasteiger partial charge in [-0.05, 0) is 24.6 Å². The maximum absolute atomic E-state index is 6.32. The molecule has 0 amide bonds. The number of fused-ring (bicyclic) bond motifs is 1. The summed E-state index contributed by atoms with van der Waals surface area (Å²) in [5, 5.41) is 11.1. The van der Waals surface area contributed by atoms with Crippen LogP contribution in [0.3, 0.4) is 0 Å². The van der Waals surface area contributed by atoms with Gasteiger partial charge >= 0.3 is 0 Å². The van der Waals surface area contributed by atoms with Gasteiger partial charge in [-0.1, -0.05) is 31.5 Å². The number of rotatable bonds is 5. The van der Waals surface area contributed by atoms with Crippen LogP contribution in [-0.2, 0) is 6.54 Å². The van der Waals surface area contributed by atoms with Crippen LogP contribution in [0.5, 0.6) is 0 Å². The van der Waals surface area contributed by atoms with Crippen LogP contribution in [0.15, 0.2) is 30.6 Å². The van der Waals surface area contributed by atoms with Crippen molar-refractivity contribution in [1.29, 1.82) is 0 Å². The molecule has 0 fully saturated rings. The third-order valence-electron chi connectivity index (χ3n) is 3.31. The SMILES string of the molecule is CC(C)CNCc1cn[nH]c1-c1c(Cl)nc2ccccn12. The van der Waals surface area contributed by atoms with Gasteiger partial charge in [0.05, 0.1) is 11.9 Å². The van der Waals surface area contributed by atoms with Crippen molar-refractivity contribution >= 4 is 17.2 Å². The first kappa shape index (κ1) is 14.1. The van der Waals surface area contributed by atoms with Crippen LogP contribution in [0.4, 0.5) is 0 Å². The summed E-state index contributed by atoms with van der Waals surface area (Å²) in [4.78, 5) is 4.38. The van der Waals surface area contributed by atoms with Crippen LogP contribution in [0.25, 0.3) is 17.0 Å². The number of pyridine rings is 1. The summed E-state index contributed by atoms with van der Waals surface area (Å²) in [6, 6.07) is 5.84. The van der Waals surface area contributed by atoms with E-state index in [1.807, 2.05) is 35.0 Å². The Morgan fingerprint density at radius 3 is 3.05 bits per heavy atom. The second-order valence-electron chi connectivity index (χ2n) is 5.48. The van der Waals surface area contributed by atoms with E-state index in [0.29, 0.717) is 11.1 Å². The molecule has 5 nitrogen and oxygen atoms in total. The Hall–Kier alpha value is -1.85. The van der Waals surface area contributed by atoms with E-state index in [9.17, 15) is 0 Å². The lowest BCUT2D eigenvalue weighted by Gasteiger charge is -2.08. The molecule has 0 aromatic carbocycles. The quantitative estimate of drug-likeness (QED) is 0.761. The summed E-state index contributed by atoms with van der Waals surface area (Å²) < 4.78 is 1.97. The summed E-state index contributed by atoms with van der Waals surface area (Å²) in [5.74, 6) is 0.611. The van der Waals surface area contributed by atoms with Crippen LogP contribution in [0.2, 0.25) is 5.15 Å². The van der Waals surface area contributed by atoms with Gasteiger partial charge in [0, 0.05) is 18.3 Å². The third-order valence-corrected chi connectivity index (χ3v) is 3.57. The molecule has 0 saturated heterocycles. The highest BCUT2D eigenvalue weighted by Crippen LogP contribution is 2.29. The van der Waals surface area contributed by atoms with E-state index in [0.717, 1.165) is 35.7 Å². The molecule has 3 rings (SSSR count). The average Bonchev–Trinajstić information content (AvgIpc) is 3.01. The summed E-state index contributed by atoms with van der Waals surface area (Å²) in [6.45, 7) is 6.08. The minimum Gasteiger partial charge on any atom is -0.312 e. The van der Waals surface area contributed by atoms with Gasteiger partial charge in [-0.15, -0.1) is 0 Å². The van der Waals surface area contributed by atoms with E-state index in [2.05, 4.69) is 34.3 Å².